The fraction of sp³-hybridized carbons (Fsp3) is 0.500. The van der Waals surface area contributed by atoms with E-state index in [0.717, 1.165) is 46.7 Å². The van der Waals surface area contributed by atoms with Crippen molar-refractivity contribution >= 4 is 39.0 Å². The van der Waals surface area contributed by atoms with Gasteiger partial charge in [0.15, 0.2) is 0 Å². The zero-order valence-corrected chi connectivity index (χ0v) is 14.3. The Balaban J connectivity index is 1.95. The van der Waals surface area contributed by atoms with Gasteiger partial charge in [-0.3, -0.25) is 4.79 Å². The highest BCUT2D eigenvalue weighted by Gasteiger charge is 2.29. The van der Waals surface area contributed by atoms with Gasteiger partial charge in [0.25, 0.3) is 5.91 Å². The van der Waals surface area contributed by atoms with E-state index in [0.29, 0.717) is 30.4 Å². The highest BCUT2D eigenvalue weighted by molar-refractivity contribution is 7.21. The Morgan fingerprint density at radius 3 is 2.79 bits per heavy atom. The minimum Gasteiger partial charge on any atom is -0.397 e. The predicted molar refractivity (Wildman–Crippen MR) is 93.5 cm³/mol. The highest BCUT2D eigenvalue weighted by atomic mass is 32.1. The number of hydrogen-bond donors (Lipinski definition) is 2. The Bertz CT molecular complexity index is 813. The van der Waals surface area contributed by atoms with Crippen molar-refractivity contribution in [2.24, 2.45) is 5.73 Å². The molecule has 1 saturated heterocycles. The number of thiophene rings is 1. The van der Waals surface area contributed by atoms with Gasteiger partial charge in [-0.15, -0.1) is 11.3 Å². The Hall–Kier alpha value is -1.90. The van der Waals surface area contributed by atoms with Gasteiger partial charge in [0.05, 0.1) is 31.6 Å². The van der Waals surface area contributed by atoms with Gasteiger partial charge in [0.2, 0.25) is 0 Å². The van der Waals surface area contributed by atoms with Crippen LogP contribution in [0.5, 0.6) is 0 Å². The third-order valence-electron chi connectivity index (χ3n) is 4.61. The summed E-state index contributed by atoms with van der Waals surface area (Å²) in [5, 5.41) is 0.871. The van der Waals surface area contributed by atoms with Crippen LogP contribution in [-0.2, 0) is 22.5 Å². The van der Waals surface area contributed by atoms with Crippen molar-refractivity contribution < 1.29 is 14.3 Å². The number of carbonyl (C=O) groups excluding carboxylic acids is 1. The molecular formula is C16H20N4O3S. The number of nitrogen functional groups attached to an aromatic ring is 1. The molecule has 4 rings (SSSR count). The monoisotopic (exact) mass is 348 g/mol. The first-order valence-electron chi connectivity index (χ1n) is 8.04. The van der Waals surface area contributed by atoms with E-state index in [1.165, 1.54) is 11.3 Å². The van der Waals surface area contributed by atoms with Crippen molar-refractivity contribution in [1.82, 2.24) is 4.98 Å². The molecule has 8 heteroatoms. The van der Waals surface area contributed by atoms with Gasteiger partial charge in [0, 0.05) is 24.0 Å². The number of ether oxygens (including phenoxy) is 2. The molecule has 0 saturated carbocycles. The van der Waals surface area contributed by atoms with Crippen molar-refractivity contribution in [2.75, 3.05) is 36.9 Å². The molecule has 1 atom stereocenters. The number of nitrogens with two attached hydrogens (primary N) is 2. The molecule has 7 nitrogen and oxygen atoms in total. The quantitative estimate of drug-likeness (QED) is 0.847. The lowest BCUT2D eigenvalue weighted by Crippen LogP contribution is -2.38. The third-order valence-corrected chi connectivity index (χ3v) is 5.72. The fourth-order valence-electron chi connectivity index (χ4n) is 3.42. The summed E-state index contributed by atoms with van der Waals surface area (Å²) in [4.78, 5) is 19.9. The predicted octanol–water partition coefficient (Wildman–Crippen LogP) is 1.28. The van der Waals surface area contributed by atoms with Gasteiger partial charge in [-0.05, 0) is 18.9 Å². The maximum atomic E-state index is 11.7. The Morgan fingerprint density at radius 2 is 2.08 bits per heavy atom. The second kappa shape index (κ2) is 5.87. The van der Waals surface area contributed by atoms with Crippen LogP contribution in [0, 0.1) is 0 Å². The molecule has 0 radical (unpaired) electrons. The van der Waals surface area contributed by atoms with E-state index < -0.39 is 5.91 Å². The van der Waals surface area contributed by atoms with Gasteiger partial charge < -0.3 is 25.8 Å². The van der Waals surface area contributed by atoms with Crippen LogP contribution in [0.2, 0.25) is 0 Å². The van der Waals surface area contributed by atoms with E-state index in [2.05, 4.69) is 4.90 Å². The van der Waals surface area contributed by atoms with Crippen molar-refractivity contribution in [1.29, 1.82) is 0 Å². The Labute approximate surface area is 143 Å². The second-order valence-electron chi connectivity index (χ2n) is 6.21. The number of fused-ring (bicyclic) bond motifs is 3. The zero-order chi connectivity index (χ0) is 16.8. The van der Waals surface area contributed by atoms with Crippen molar-refractivity contribution in [3.63, 3.8) is 0 Å². The molecule has 2 aliphatic heterocycles. The third kappa shape index (κ3) is 2.42. The van der Waals surface area contributed by atoms with E-state index in [9.17, 15) is 4.79 Å². The van der Waals surface area contributed by atoms with Crippen LogP contribution in [-0.4, -0.2) is 43.3 Å². The standard InChI is InChI=1S/C16H20N4O3S/c1-8-6-9-10(7-23-8)15(20-2-4-22-5-3-20)19-16-11(9)12(17)13(24-16)14(18)21/h8H,2-7,17H2,1H3,(H2,18,21). The molecule has 0 spiro atoms. The van der Waals surface area contributed by atoms with E-state index in [4.69, 9.17) is 25.9 Å². The van der Waals surface area contributed by atoms with Crippen molar-refractivity contribution in [3.05, 3.63) is 16.0 Å². The van der Waals surface area contributed by atoms with Crippen molar-refractivity contribution in [2.45, 2.75) is 26.1 Å². The van der Waals surface area contributed by atoms with Gasteiger partial charge in [-0.1, -0.05) is 0 Å². The number of hydrogen-bond acceptors (Lipinski definition) is 7. The van der Waals surface area contributed by atoms with Crippen LogP contribution in [0.4, 0.5) is 11.5 Å². The maximum Gasteiger partial charge on any atom is 0.260 e. The Morgan fingerprint density at radius 1 is 1.33 bits per heavy atom. The molecular weight excluding hydrogens is 328 g/mol. The first-order chi connectivity index (χ1) is 11.6. The van der Waals surface area contributed by atoms with Crippen LogP contribution in [0.3, 0.4) is 0 Å². The van der Waals surface area contributed by atoms with E-state index in [1.807, 2.05) is 6.92 Å². The number of morpholine rings is 1. The number of primary amides is 1. The summed E-state index contributed by atoms with van der Waals surface area (Å²) < 4.78 is 11.3. The SMILES string of the molecule is CC1Cc2c(c(N3CCOCC3)nc3sc(C(N)=O)c(N)c23)CO1. The van der Waals surface area contributed by atoms with Gasteiger partial charge in [-0.25, -0.2) is 4.98 Å². The number of rotatable bonds is 2. The lowest BCUT2D eigenvalue weighted by Gasteiger charge is -2.32. The lowest BCUT2D eigenvalue weighted by molar-refractivity contribution is 0.0413. The van der Waals surface area contributed by atoms with E-state index >= 15 is 0 Å². The summed E-state index contributed by atoms with van der Waals surface area (Å²) in [6, 6.07) is 0. The summed E-state index contributed by atoms with van der Waals surface area (Å²) >= 11 is 1.27. The normalized spacial score (nSPS) is 21.0. The van der Waals surface area contributed by atoms with E-state index in [1.54, 1.807) is 0 Å². The average Bonchev–Trinajstić information content (AvgIpc) is 2.92. The van der Waals surface area contributed by atoms with Crippen molar-refractivity contribution in [3.8, 4) is 0 Å². The van der Waals surface area contributed by atoms with Crippen LogP contribution in [0.1, 0.15) is 27.7 Å². The first-order valence-corrected chi connectivity index (χ1v) is 8.85. The number of nitrogens with zero attached hydrogens (tertiary/aromatic N) is 2. The maximum absolute atomic E-state index is 11.7. The van der Waals surface area contributed by atoms with Gasteiger partial charge >= 0.3 is 0 Å². The number of aromatic nitrogens is 1. The molecule has 1 fully saturated rings. The topological polar surface area (TPSA) is 104 Å². The molecule has 2 aliphatic rings. The molecule has 0 bridgehead atoms. The molecule has 0 aliphatic carbocycles. The lowest BCUT2D eigenvalue weighted by atomic mass is 9.96. The van der Waals surface area contributed by atoms with Crippen LogP contribution < -0.4 is 16.4 Å². The number of pyridine rings is 1. The Kier molecular flexibility index (Phi) is 3.82. The molecule has 4 heterocycles. The smallest absolute Gasteiger partial charge is 0.260 e. The average molecular weight is 348 g/mol. The van der Waals surface area contributed by atoms with Gasteiger partial charge in [0.1, 0.15) is 15.5 Å². The molecule has 0 aromatic carbocycles. The zero-order valence-electron chi connectivity index (χ0n) is 13.5. The number of carbonyl (C=O) groups is 1. The largest absolute Gasteiger partial charge is 0.397 e. The van der Waals surface area contributed by atoms with Crippen LogP contribution >= 0.6 is 11.3 Å². The molecule has 128 valence electrons. The summed E-state index contributed by atoms with van der Waals surface area (Å²) in [5.74, 6) is 0.419. The summed E-state index contributed by atoms with van der Waals surface area (Å²) in [6.07, 6.45) is 0.863. The minimum atomic E-state index is -0.503. The summed E-state index contributed by atoms with van der Waals surface area (Å²) in [5.41, 5.74) is 14.4. The fourth-order valence-corrected chi connectivity index (χ4v) is 4.39. The molecule has 2 aromatic rings. The highest BCUT2D eigenvalue weighted by Crippen LogP contribution is 2.41. The first kappa shape index (κ1) is 15.6. The molecule has 24 heavy (non-hydrogen) atoms. The number of amides is 1. The molecule has 4 N–H and O–H groups in total. The van der Waals surface area contributed by atoms with Crippen LogP contribution in [0.15, 0.2) is 0 Å². The van der Waals surface area contributed by atoms with Gasteiger partial charge in [-0.2, -0.15) is 0 Å². The van der Waals surface area contributed by atoms with Crippen LogP contribution in [0.25, 0.3) is 10.2 Å². The summed E-state index contributed by atoms with van der Waals surface area (Å²) in [7, 11) is 0. The second-order valence-corrected chi connectivity index (χ2v) is 7.21. The molecule has 1 unspecified atom stereocenters. The minimum absolute atomic E-state index is 0.108. The molecule has 2 aromatic heterocycles. The molecule has 1 amide bonds. The van der Waals surface area contributed by atoms with E-state index in [-0.39, 0.29) is 6.10 Å². The number of anilines is 2. The summed E-state index contributed by atoms with van der Waals surface area (Å²) in [6.45, 7) is 5.51.